The van der Waals surface area contributed by atoms with E-state index < -0.39 is 0 Å². The average molecular weight is 380 g/mol. The van der Waals surface area contributed by atoms with Gasteiger partial charge in [-0.3, -0.25) is 9.59 Å². The van der Waals surface area contributed by atoms with Gasteiger partial charge >= 0.3 is 0 Å². The summed E-state index contributed by atoms with van der Waals surface area (Å²) in [6.45, 7) is 2.01. The van der Waals surface area contributed by atoms with Crippen LogP contribution in [0.25, 0.3) is 0 Å². The smallest absolute Gasteiger partial charge is 0.223 e. The van der Waals surface area contributed by atoms with E-state index in [1.165, 1.54) is 5.56 Å². The molecule has 1 aliphatic rings. The van der Waals surface area contributed by atoms with Crippen LogP contribution in [0.1, 0.15) is 24.0 Å². The van der Waals surface area contributed by atoms with E-state index in [2.05, 4.69) is 17.4 Å². The second-order valence-electron chi connectivity index (χ2n) is 7.26. The van der Waals surface area contributed by atoms with Crippen LogP contribution < -0.4 is 10.1 Å². The second kappa shape index (κ2) is 9.93. The molecule has 0 radical (unpaired) electrons. The third-order valence-corrected chi connectivity index (χ3v) is 5.21. The van der Waals surface area contributed by atoms with Crippen LogP contribution in [-0.4, -0.2) is 43.5 Å². The zero-order valence-electron chi connectivity index (χ0n) is 16.4. The Morgan fingerprint density at radius 2 is 1.86 bits per heavy atom. The van der Waals surface area contributed by atoms with Crippen LogP contribution in [0.5, 0.6) is 5.75 Å². The number of likely N-dealkylation sites (tertiary alicyclic amines) is 1. The van der Waals surface area contributed by atoms with Crippen molar-refractivity contribution in [2.24, 2.45) is 5.92 Å². The molecule has 1 fully saturated rings. The lowest BCUT2D eigenvalue weighted by atomic mass is 10.1. The fourth-order valence-corrected chi connectivity index (χ4v) is 3.62. The van der Waals surface area contributed by atoms with Crippen molar-refractivity contribution in [1.29, 1.82) is 0 Å². The summed E-state index contributed by atoms with van der Waals surface area (Å²) in [5.41, 5.74) is 2.27. The SMILES string of the molecule is COc1ccccc1CCC(=O)NCC1CC(=O)N(CCc2ccccc2)C1. The van der Waals surface area contributed by atoms with Gasteiger partial charge in [0.05, 0.1) is 7.11 Å². The number of para-hydroxylation sites is 1. The lowest BCUT2D eigenvalue weighted by molar-refractivity contribution is -0.127. The number of methoxy groups -OCH3 is 1. The number of benzene rings is 2. The maximum atomic E-state index is 12.2. The molecule has 0 saturated carbocycles. The highest BCUT2D eigenvalue weighted by Crippen LogP contribution is 2.19. The number of carbonyl (C=O) groups is 2. The Bertz CT molecular complexity index is 791. The molecule has 1 unspecified atom stereocenters. The number of nitrogens with zero attached hydrogens (tertiary/aromatic N) is 1. The largest absolute Gasteiger partial charge is 0.496 e. The Morgan fingerprint density at radius 3 is 2.64 bits per heavy atom. The number of carbonyl (C=O) groups excluding carboxylic acids is 2. The molecule has 1 N–H and O–H groups in total. The fourth-order valence-electron chi connectivity index (χ4n) is 3.62. The first kappa shape index (κ1) is 19.9. The van der Waals surface area contributed by atoms with Crippen LogP contribution in [0, 0.1) is 5.92 Å². The van der Waals surface area contributed by atoms with Crippen LogP contribution in [0.15, 0.2) is 54.6 Å². The Labute approximate surface area is 166 Å². The number of amides is 2. The van der Waals surface area contributed by atoms with Crippen molar-refractivity contribution in [2.45, 2.75) is 25.7 Å². The third kappa shape index (κ3) is 5.59. The molecule has 1 saturated heterocycles. The van der Waals surface area contributed by atoms with Gasteiger partial charge in [-0.1, -0.05) is 48.5 Å². The quantitative estimate of drug-likeness (QED) is 0.728. The standard InChI is InChI=1S/C23H28N2O3/c1-28-21-10-6-5-9-20(21)11-12-22(26)24-16-19-15-23(27)25(17-19)14-13-18-7-3-2-4-8-18/h2-10,19H,11-17H2,1H3,(H,24,26). The molecule has 2 aromatic carbocycles. The van der Waals surface area contributed by atoms with E-state index in [9.17, 15) is 9.59 Å². The Kier molecular flexibility index (Phi) is 7.06. The minimum Gasteiger partial charge on any atom is -0.496 e. The van der Waals surface area contributed by atoms with Gasteiger partial charge in [-0.15, -0.1) is 0 Å². The zero-order chi connectivity index (χ0) is 19.8. The van der Waals surface area contributed by atoms with E-state index in [0.29, 0.717) is 25.8 Å². The lowest BCUT2D eigenvalue weighted by Crippen LogP contribution is -2.32. The number of aryl methyl sites for hydroxylation is 1. The molecular weight excluding hydrogens is 352 g/mol. The predicted octanol–water partition coefficient (Wildman–Crippen LogP) is 2.84. The Balaban J connectivity index is 1.38. The van der Waals surface area contributed by atoms with Gasteiger partial charge in [-0.05, 0) is 30.0 Å². The van der Waals surface area contributed by atoms with Crippen molar-refractivity contribution in [3.63, 3.8) is 0 Å². The summed E-state index contributed by atoms with van der Waals surface area (Å²) in [6, 6.07) is 18.0. The predicted molar refractivity (Wildman–Crippen MR) is 109 cm³/mol. The normalized spacial score (nSPS) is 16.2. The molecule has 3 rings (SSSR count). The molecular formula is C23H28N2O3. The van der Waals surface area contributed by atoms with Gasteiger partial charge in [0, 0.05) is 38.4 Å². The molecule has 148 valence electrons. The van der Waals surface area contributed by atoms with E-state index in [4.69, 9.17) is 4.74 Å². The molecule has 0 spiro atoms. The molecule has 5 heteroatoms. The van der Waals surface area contributed by atoms with Gasteiger partial charge in [0.1, 0.15) is 5.75 Å². The lowest BCUT2D eigenvalue weighted by Gasteiger charge is -2.17. The van der Waals surface area contributed by atoms with E-state index >= 15 is 0 Å². The minimum absolute atomic E-state index is 0.0149. The zero-order valence-corrected chi connectivity index (χ0v) is 16.4. The van der Waals surface area contributed by atoms with E-state index in [1.54, 1.807) is 7.11 Å². The summed E-state index contributed by atoms with van der Waals surface area (Å²) in [5, 5.41) is 2.99. The van der Waals surface area contributed by atoms with Gasteiger partial charge in [0.2, 0.25) is 11.8 Å². The van der Waals surface area contributed by atoms with Crippen LogP contribution in [0.3, 0.4) is 0 Å². The molecule has 1 heterocycles. The molecule has 5 nitrogen and oxygen atoms in total. The van der Waals surface area contributed by atoms with Crippen LogP contribution in [-0.2, 0) is 22.4 Å². The summed E-state index contributed by atoms with van der Waals surface area (Å²) >= 11 is 0. The highest BCUT2D eigenvalue weighted by molar-refractivity contribution is 5.79. The molecule has 0 aliphatic carbocycles. The number of rotatable bonds is 9. The number of ether oxygens (including phenoxy) is 1. The van der Waals surface area contributed by atoms with E-state index in [0.717, 1.165) is 30.8 Å². The minimum atomic E-state index is 0.0149. The number of hydrogen-bond acceptors (Lipinski definition) is 3. The summed E-state index contributed by atoms with van der Waals surface area (Å²) in [4.78, 5) is 26.3. The number of hydrogen-bond donors (Lipinski definition) is 1. The molecule has 2 aromatic rings. The van der Waals surface area contributed by atoms with Crippen molar-refractivity contribution >= 4 is 11.8 Å². The van der Waals surface area contributed by atoms with E-state index in [1.807, 2.05) is 47.4 Å². The van der Waals surface area contributed by atoms with Crippen LogP contribution >= 0.6 is 0 Å². The molecule has 2 amide bonds. The van der Waals surface area contributed by atoms with Crippen molar-refractivity contribution in [3.8, 4) is 5.75 Å². The first-order valence-electron chi connectivity index (χ1n) is 9.86. The maximum Gasteiger partial charge on any atom is 0.223 e. The summed E-state index contributed by atoms with van der Waals surface area (Å²) in [5.74, 6) is 1.20. The van der Waals surface area contributed by atoms with Gasteiger partial charge in [0.25, 0.3) is 0 Å². The van der Waals surface area contributed by atoms with Gasteiger partial charge in [-0.2, -0.15) is 0 Å². The van der Waals surface area contributed by atoms with Crippen molar-refractivity contribution < 1.29 is 14.3 Å². The second-order valence-corrected chi connectivity index (χ2v) is 7.26. The summed E-state index contributed by atoms with van der Waals surface area (Å²) in [6.07, 6.45) is 2.44. The Morgan fingerprint density at radius 1 is 1.11 bits per heavy atom. The highest BCUT2D eigenvalue weighted by atomic mass is 16.5. The van der Waals surface area contributed by atoms with Gasteiger partial charge in [0.15, 0.2) is 0 Å². The molecule has 1 aliphatic heterocycles. The topological polar surface area (TPSA) is 58.6 Å². The fraction of sp³-hybridized carbons (Fsp3) is 0.391. The van der Waals surface area contributed by atoms with Gasteiger partial charge in [-0.25, -0.2) is 0 Å². The van der Waals surface area contributed by atoms with Gasteiger partial charge < -0.3 is 15.0 Å². The van der Waals surface area contributed by atoms with Crippen molar-refractivity contribution in [1.82, 2.24) is 10.2 Å². The first-order valence-corrected chi connectivity index (χ1v) is 9.86. The van der Waals surface area contributed by atoms with Crippen molar-refractivity contribution in [3.05, 3.63) is 65.7 Å². The highest BCUT2D eigenvalue weighted by Gasteiger charge is 2.29. The van der Waals surface area contributed by atoms with Crippen molar-refractivity contribution in [2.75, 3.05) is 26.7 Å². The third-order valence-electron chi connectivity index (χ3n) is 5.21. The number of nitrogens with one attached hydrogen (secondary N) is 1. The summed E-state index contributed by atoms with van der Waals surface area (Å²) in [7, 11) is 1.64. The molecule has 28 heavy (non-hydrogen) atoms. The molecule has 1 atom stereocenters. The maximum absolute atomic E-state index is 12.2. The van der Waals surface area contributed by atoms with Crippen LogP contribution in [0.2, 0.25) is 0 Å². The summed E-state index contributed by atoms with van der Waals surface area (Å²) < 4.78 is 5.32. The molecule has 0 bridgehead atoms. The van der Waals surface area contributed by atoms with Crippen LogP contribution in [0.4, 0.5) is 0 Å². The molecule has 0 aromatic heterocycles. The first-order chi connectivity index (χ1) is 13.7. The van der Waals surface area contributed by atoms with E-state index in [-0.39, 0.29) is 17.7 Å². The monoisotopic (exact) mass is 380 g/mol. The average Bonchev–Trinajstić information content (AvgIpc) is 3.09. The Hall–Kier alpha value is -2.82.